The maximum Gasteiger partial charge on any atom is 0.277 e. The number of amides is 1. The van der Waals surface area contributed by atoms with Crippen LogP contribution in [-0.2, 0) is 4.79 Å². The summed E-state index contributed by atoms with van der Waals surface area (Å²) in [6, 6.07) is 2.10. The van der Waals surface area contributed by atoms with Gasteiger partial charge < -0.3 is 14.7 Å². The normalized spacial score (nSPS) is 21.6. The van der Waals surface area contributed by atoms with Crippen LogP contribution in [0.15, 0.2) is 28.1 Å². The van der Waals surface area contributed by atoms with Crippen LogP contribution >= 0.6 is 11.8 Å². The highest BCUT2D eigenvalue weighted by Gasteiger charge is 2.37. The number of aryl methyl sites for hydroxylation is 1. The van der Waals surface area contributed by atoms with Crippen LogP contribution in [0.1, 0.15) is 43.8 Å². The van der Waals surface area contributed by atoms with Crippen LogP contribution in [0.2, 0.25) is 0 Å². The molecule has 10 nitrogen and oxygen atoms in total. The summed E-state index contributed by atoms with van der Waals surface area (Å²) in [5.41, 5.74) is 2.53. The topological polar surface area (TPSA) is 127 Å². The molecule has 5 rings (SSSR count). The van der Waals surface area contributed by atoms with Crippen molar-refractivity contribution in [3.05, 3.63) is 30.2 Å². The van der Waals surface area contributed by atoms with E-state index in [4.69, 9.17) is 4.42 Å². The van der Waals surface area contributed by atoms with E-state index in [9.17, 15) is 4.79 Å². The van der Waals surface area contributed by atoms with E-state index >= 15 is 0 Å². The quantitative estimate of drug-likeness (QED) is 0.450. The molecular weight excluding hydrogens is 404 g/mol. The molecule has 0 radical (unpaired) electrons. The largest absolute Gasteiger partial charge is 0.416 e. The Hall–Kier alpha value is -2.95. The third-order valence-corrected chi connectivity index (χ3v) is 6.54. The number of carbonyl (C=O) groups is 1. The van der Waals surface area contributed by atoms with Crippen LogP contribution < -0.4 is 5.32 Å². The molecule has 0 unspecified atom stereocenters. The SMILES string of the molecule is CC[C@@H]1C[C@H](NC(=O)CSc2nnc(C)o2)C[C@@H]1c1nnc2cnc3[nH]ccc3n12. The molecule has 30 heavy (non-hydrogen) atoms. The fraction of sp³-hybridized carbons (Fsp3) is 0.474. The van der Waals surface area contributed by atoms with Crippen molar-refractivity contribution >= 4 is 34.5 Å². The molecule has 2 N–H and O–H groups in total. The molecule has 3 atom stereocenters. The van der Waals surface area contributed by atoms with Gasteiger partial charge in [0.05, 0.1) is 17.5 Å². The number of nitrogens with one attached hydrogen (secondary N) is 2. The minimum Gasteiger partial charge on any atom is -0.416 e. The van der Waals surface area contributed by atoms with Gasteiger partial charge in [-0.2, -0.15) is 0 Å². The zero-order valence-corrected chi connectivity index (χ0v) is 17.5. The second-order valence-electron chi connectivity index (χ2n) is 7.61. The fourth-order valence-electron chi connectivity index (χ4n) is 4.38. The molecule has 0 spiro atoms. The third-order valence-electron chi connectivity index (χ3n) is 5.72. The van der Waals surface area contributed by atoms with Crippen molar-refractivity contribution in [2.75, 3.05) is 5.75 Å². The first kappa shape index (κ1) is 19.0. The number of aromatic amines is 1. The van der Waals surface area contributed by atoms with E-state index < -0.39 is 0 Å². The number of fused-ring (bicyclic) bond motifs is 3. The highest BCUT2D eigenvalue weighted by molar-refractivity contribution is 7.99. The monoisotopic (exact) mass is 426 g/mol. The average Bonchev–Trinajstić information content (AvgIpc) is 3.50. The van der Waals surface area contributed by atoms with Crippen molar-refractivity contribution in [1.29, 1.82) is 0 Å². The van der Waals surface area contributed by atoms with Crippen molar-refractivity contribution in [2.24, 2.45) is 5.92 Å². The van der Waals surface area contributed by atoms with Gasteiger partial charge in [0.2, 0.25) is 11.8 Å². The smallest absolute Gasteiger partial charge is 0.277 e. The number of carbonyl (C=O) groups excluding carboxylic acids is 1. The first-order chi connectivity index (χ1) is 14.6. The fourth-order valence-corrected chi connectivity index (χ4v) is 5.00. The molecule has 4 heterocycles. The highest BCUT2D eigenvalue weighted by atomic mass is 32.2. The van der Waals surface area contributed by atoms with Gasteiger partial charge in [-0.1, -0.05) is 25.1 Å². The lowest BCUT2D eigenvalue weighted by Crippen LogP contribution is -2.34. The molecule has 1 amide bonds. The Morgan fingerprint density at radius 1 is 1.33 bits per heavy atom. The van der Waals surface area contributed by atoms with E-state index in [2.05, 4.69) is 47.0 Å². The Morgan fingerprint density at radius 2 is 2.23 bits per heavy atom. The minimum absolute atomic E-state index is 0.0281. The van der Waals surface area contributed by atoms with Gasteiger partial charge in [-0.15, -0.1) is 20.4 Å². The van der Waals surface area contributed by atoms with Crippen molar-refractivity contribution in [1.82, 2.24) is 40.1 Å². The van der Waals surface area contributed by atoms with Gasteiger partial charge >= 0.3 is 0 Å². The van der Waals surface area contributed by atoms with E-state index in [0.717, 1.165) is 41.9 Å². The number of H-pyrrole nitrogens is 1. The molecule has 1 saturated carbocycles. The van der Waals surface area contributed by atoms with E-state index in [-0.39, 0.29) is 23.6 Å². The average molecular weight is 427 g/mol. The van der Waals surface area contributed by atoms with Gasteiger partial charge in [0.1, 0.15) is 5.82 Å². The van der Waals surface area contributed by atoms with E-state index in [1.54, 1.807) is 13.1 Å². The molecule has 1 aliphatic rings. The standard InChI is InChI=1S/C19H22N8O2S/c1-3-11-6-12(22-16(28)9-30-19-26-23-10(2)29-19)7-13(11)18-25-24-15-8-21-17-14(27(15)18)4-5-20-17/h4-5,8,11-13,20H,3,6-7,9H2,1-2H3,(H,22,28)/t11-,12+,13+/m1/s1. The lowest BCUT2D eigenvalue weighted by Gasteiger charge is -2.15. The summed E-state index contributed by atoms with van der Waals surface area (Å²) in [4.78, 5) is 20.0. The van der Waals surface area contributed by atoms with Crippen LogP contribution in [0.3, 0.4) is 0 Å². The van der Waals surface area contributed by atoms with Crippen LogP contribution in [-0.4, -0.2) is 52.5 Å². The van der Waals surface area contributed by atoms with Crippen LogP contribution in [0.5, 0.6) is 0 Å². The third kappa shape index (κ3) is 3.42. The van der Waals surface area contributed by atoms with Crippen LogP contribution in [0.25, 0.3) is 16.8 Å². The number of aromatic nitrogens is 7. The van der Waals surface area contributed by atoms with Gasteiger partial charge in [-0.3, -0.25) is 9.20 Å². The van der Waals surface area contributed by atoms with Crippen molar-refractivity contribution in [3.63, 3.8) is 0 Å². The zero-order valence-electron chi connectivity index (χ0n) is 16.7. The molecule has 11 heteroatoms. The maximum absolute atomic E-state index is 12.5. The van der Waals surface area contributed by atoms with Crippen molar-refractivity contribution < 1.29 is 9.21 Å². The zero-order chi connectivity index (χ0) is 20.7. The summed E-state index contributed by atoms with van der Waals surface area (Å²) in [5, 5.41) is 20.1. The summed E-state index contributed by atoms with van der Waals surface area (Å²) < 4.78 is 7.40. The Morgan fingerprint density at radius 3 is 3.03 bits per heavy atom. The number of thioether (sulfide) groups is 1. The molecule has 156 valence electrons. The summed E-state index contributed by atoms with van der Waals surface area (Å²) in [6.45, 7) is 3.92. The number of hydrogen-bond acceptors (Lipinski definition) is 8. The van der Waals surface area contributed by atoms with E-state index in [0.29, 0.717) is 17.0 Å². The van der Waals surface area contributed by atoms with E-state index in [1.165, 1.54) is 11.8 Å². The highest BCUT2D eigenvalue weighted by Crippen LogP contribution is 2.41. The van der Waals surface area contributed by atoms with Crippen LogP contribution in [0, 0.1) is 12.8 Å². The Kier molecular flexibility index (Phi) is 4.89. The first-order valence-electron chi connectivity index (χ1n) is 10.0. The summed E-state index contributed by atoms with van der Waals surface area (Å²) in [7, 11) is 0. The molecule has 0 bridgehead atoms. The van der Waals surface area contributed by atoms with Gasteiger partial charge in [-0.05, 0) is 24.8 Å². The van der Waals surface area contributed by atoms with Gasteiger partial charge in [-0.25, -0.2) is 4.98 Å². The molecule has 1 fully saturated rings. The summed E-state index contributed by atoms with van der Waals surface area (Å²) >= 11 is 1.25. The number of hydrogen-bond donors (Lipinski definition) is 2. The minimum atomic E-state index is -0.0281. The van der Waals surface area contributed by atoms with Gasteiger partial charge in [0.25, 0.3) is 5.22 Å². The summed E-state index contributed by atoms with van der Waals surface area (Å²) in [6.07, 6.45) is 6.39. The summed E-state index contributed by atoms with van der Waals surface area (Å²) in [5.74, 6) is 2.31. The number of rotatable bonds is 6. The van der Waals surface area contributed by atoms with Gasteiger partial charge in [0, 0.05) is 25.1 Å². The molecule has 1 aliphatic carbocycles. The first-order valence-corrected chi connectivity index (χ1v) is 11.0. The molecule has 4 aromatic heterocycles. The lowest BCUT2D eigenvalue weighted by atomic mass is 9.93. The molecule has 4 aromatic rings. The second-order valence-corrected chi connectivity index (χ2v) is 8.53. The van der Waals surface area contributed by atoms with E-state index in [1.807, 2.05) is 12.3 Å². The van der Waals surface area contributed by atoms with Crippen molar-refractivity contribution in [3.8, 4) is 0 Å². The molecule has 0 aromatic carbocycles. The predicted molar refractivity (Wildman–Crippen MR) is 110 cm³/mol. The Balaban J connectivity index is 1.32. The lowest BCUT2D eigenvalue weighted by molar-refractivity contribution is -0.119. The Bertz CT molecular complexity index is 1200. The van der Waals surface area contributed by atoms with Gasteiger partial charge in [0.15, 0.2) is 11.3 Å². The predicted octanol–water partition coefficient (Wildman–Crippen LogP) is 2.48. The van der Waals surface area contributed by atoms with Crippen molar-refractivity contribution in [2.45, 2.75) is 50.3 Å². The second kappa shape index (κ2) is 7.71. The maximum atomic E-state index is 12.5. The Labute approximate surface area is 176 Å². The molecular formula is C19H22N8O2S. The number of nitrogens with zero attached hydrogens (tertiary/aromatic N) is 6. The molecule has 0 aliphatic heterocycles. The molecule has 0 saturated heterocycles. The van der Waals surface area contributed by atoms with Crippen LogP contribution in [0.4, 0.5) is 0 Å².